The van der Waals surface area contributed by atoms with Gasteiger partial charge in [0.25, 0.3) is 0 Å². The fraction of sp³-hybridized carbons (Fsp3) is 0.500. The monoisotopic (exact) mass is 209 g/mol. The van der Waals surface area contributed by atoms with Crippen molar-refractivity contribution >= 4 is 9.39 Å². The van der Waals surface area contributed by atoms with Gasteiger partial charge in [0.05, 0.1) is 0 Å². The first-order chi connectivity index (χ1) is 6.43. The number of rotatable bonds is 2. The van der Waals surface area contributed by atoms with Crippen molar-refractivity contribution in [2.75, 3.05) is 0 Å². The van der Waals surface area contributed by atoms with E-state index in [4.69, 9.17) is 0 Å². The molecule has 0 aromatic heterocycles. The zero-order valence-electron chi connectivity index (χ0n) is 9.49. The third-order valence-corrected chi connectivity index (χ3v) is 3.70. The summed E-state index contributed by atoms with van der Waals surface area (Å²) >= 11 is 0. The minimum atomic E-state index is 0.180. The van der Waals surface area contributed by atoms with Crippen molar-refractivity contribution in [3.05, 3.63) is 35.9 Å². The largest absolute Gasteiger partial charge is 0.275 e. The molecular formula is C12H20NP. The van der Waals surface area contributed by atoms with Gasteiger partial charge in [-0.25, -0.2) is 0 Å². The quantitative estimate of drug-likeness (QED) is 0.672. The second-order valence-electron chi connectivity index (χ2n) is 4.66. The van der Waals surface area contributed by atoms with E-state index >= 15 is 0 Å². The topological polar surface area (TPSA) is 3.24 Å². The summed E-state index contributed by atoms with van der Waals surface area (Å²) < 4.78 is 2.31. The maximum Gasteiger partial charge on any atom is 0.0357 e. The van der Waals surface area contributed by atoms with Gasteiger partial charge >= 0.3 is 0 Å². The van der Waals surface area contributed by atoms with Crippen molar-refractivity contribution in [2.24, 2.45) is 0 Å². The van der Waals surface area contributed by atoms with Gasteiger partial charge in [0.2, 0.25) is 0 Å². The summed E-state index contributed by atoms with van der Waals surface area (Å²) in [6.45, 7) is 8.89. The van der Waals surface area contributed by atoms with E-state index in [2.05, 4.69) is 72.1 Å². The Hall–Kier alpha value is -0.390. The third-order valence-electron chi connectivity index (χ3n) is 2.47. The van der Waals surface area contributed by atoms with E-state index in [1.165, 1.54) is 5.56 Å². The molecule has 0 saturated heterocycles. The van der Waals surface area contributed by atoms with Gasteiger partial charge in [-0.1, -0.05) is 39.7 Å². The van der Waals surface area contributed by atoms with Gasteiger partial charge in [-0.3, -0.25) is 4.67 Å². The lowest BCUT2D eigenvalue weighted by Gasteiger charge is -2.36. The molecule has 0 fully saturated rings. The predicted molar refractivity (Wildman–Crippen MR) is 66.2 cm³/mol. The van der Waals surface area contributed by atoms with Crippen LogP contribution in [-0.2, 0) is 0 Å². The zero-order chi connectivity index (χ0) is 10.8. The molecule has 1 aromatic rings. The summed E-state index contributed by atoms with van der Waals surface area (Å²) in [5, 5.41) is 0. The Morgan fingerprint density at radius 1 is 1.14 bits per heavy atom. The van der Waals surface area contributed by atoms with Crippen LogP contribution in [0.1, 0.15) is 39.3 Å². The Balaban J connectivity index is 2.81. The number of hydrogen-bond acceptors (Lipinski definition) is 1. The molecule has 0 aliphatic heterocycles. The molecule has 0 aliphatic carbocycles. The number of hydrogen-bond donors (Lipinski definition) is 0. The average Bonchev–Trinajstić information content (AvgIpc) is 2.15. The molecule has 0 saturated carbocycles. The molecule has 2 atom stereocenters. The Kier molecular flexibility index (Phi) is 3.69. The molecule has 0 spiro atoms. The van der Waals surface area contributed by atoms with Crippen molar-refractivity contribution in [1.82, 2.24) is 4.67 Å². The molecule has 2 unspecified atom stereocenters. The molecule has 0 aliphatic rings. The molecule has 78 valence electrons. The lowest BCUT2D eigenvalue weighted by Crippen LogP contribution is -2.35. The van der Waals surface area contributed by atoms with Crippen molar-refractivity contribution in [2.45, 2.75) is 39.3 Å². The lowest BCUT2D eigenvalue weighted by molar-refractivity contribution is 0.220. The van der Waals surface area contributed by atoms with Gasteiger partial charge in [0, 0.05) is 11.6 Å². The third kappa shape index (κ3) is 2.80. The smallest absolute Gasteiger partial charge is 0.0357 e. The highest BCUT2D eigenvalue weighted by molar-refractivity contribution is 7.13. The first kappa shape index (κ1) is 11.7. The van der Waals surface area contributed by atoms with Crippen LogP contribution in [0.2, 0.25) is 0 Å². The van der Waals surface area contributed by atoms with Gasteiger partial charge in [-0.15, -0.1) is 0 Å². The summed E-state index contributed by atoms with van der Waals surface area (Å²) in [6, 6.07) is 11.0. The van der Waals surface area contributed by atoms with Gasteiger partial charge in [0.15, 0.2) is 0 Å². The highest BCUT2D eigenvalue weighted by Crippen LogP contribution is 2.30. The maximum absolute atomic E-state index is 2.83. The van der Waals surface area contributed by atoms with Crippen molar-refractivity contribution in [3.8, 4) is 0 Å². The molecule has 0 radical (unpaired) electrons. The van der Waals surface area contributed by atoms with E-state index in [1.54, 1.807) is 0 Å². The van der Waals surface area contributed by atoms with Crippen molar-refractivity contribution in [3.63, 3.8) is 0 Å². The van der Waals surface area contributed by atoms with Crippen LogP contribution in [0.4, 0.5) is 0 Å². The van der Waals surface area contributed by atoms with Crippen LogP contribution in [-0.4, -0.2) is 10.2 Å². The van der Waals surface area contributed by atoms with E-state index in [9.17, 15) is 0 Å². The molecule has 2 heteroatoms. The van der Waals surface area contributed by atoms with Crippen LogP contribution in [0.5, 0.6) is 0 Å². The fourth-order valence-corrected chi connectivity index (χ4v) is 1.65. The highest BCUT2D eigenvalue weighted by atomic mass is 31.0. The summed E-state index contributed by atoms with van der Waals surface area (Å²) in [4.78, 5) is 0. The van der Waals surface area contributed by atoms with Crippen molar-refractivity contribution in [1.29, 1.82) is 0 Å². The Morgan fingerprint density at radius 3 is 2.07 bits per heavy atom. The van der Waals surface area contributed by atoms with E-state index < -0.39 is 0 Å². The van der Waals surface area contributed by atoms with Gasteiger partial charge in [0.1, 0.15) is 0 Å². The fourth-order valence-electron chi connectivity index (χ4n) is 1.47. The normalized spacial score (nSPS) is 14.4. The predicted octanol–water partition coefficient (Wildman–Crippen LogP) is 3.64. The molecule has 1 rings (SSSR count). The van der Waals surface area contributed by atoms with Gasteiger partial charge in [-0.05, 0) is 33.3 Å². The molecule has 0 heterocycles. The molecule has 1 nitrogen and oxygen atoms in total. The van der Waals surface area contributed by atoms with Crippen LogP contribution >= 0.6 is 9.39 Å². The first-order valence-electron chi connectivity index (χ1n) is 5.02. The summed E-state index contributed by atoms with van der Waals surface area (Å²) in [6.07, 6.45) is 0. The van der Waals surface area contributed by atoms with Crippen LogP contribution < -0.4 is 0 Å². The average molecular weight is 209 g/mol. The maximum atomic E-state index is 2.83. The summed E-state index contributed by atoms with van der Waals surface area (Å²) in [5.74, 6) is 0. The second-order valence-corrected chi connectivity index (χ2v) is 5.22. The molecule has 1 aromatic carbocycles. The Labute approximate surface area is 89.8 Å². The first-order valence-corrected chi connectivity index (χ1v) is 5.53. The van der Waals surface area contributed by atoms with Crippen LogP contribution in [0.3, 0.4) is 0 Å². The van der Waals surface area contributed by atoms with Crippen LogP contribution in [0.15, 0.2) is 30.3 Å². The standard InChI is InChI=1S/C12H20NP/c1-10(13(14)12(2,3)4)11-8-6-5-7-9-11/h5-10H,14H2,1-4H3. The molecule has 0 N–H and O–H groups in total. The summed E-state index contributed by atoms with van der Waals surface area (Å²) in [7, 11) is 2.83. The van der Waals surface area contributed by atoms with E-state index in [-0.39, 0.29) is 5.54 Å². The number of nitrogens with zero attached hydrogens (tertiary/aromatic N) is 1. The lowest BCUT2D eigenvalue weighted by atomic mass is 10.0. The van der Waals surface area contributed by atoms with Gasteiger partial charge < -0.3 is 0 Å². The molecule has 0 bridgehead atoms. The highest BCUT2D eigenvalue weighted by Gasteiger charge is 2.22. The van der Waals surface area contributed by atoms with E-state index in [0.717, 1.165) is 0 Å². The Bertz CT molecular complexity index is 276. The number of benzene rings is 1. The van der Waals surface area contributed by atoms with E-state index in [0.29, 0.717) is 6.04 Å². The Morgan fingerprint density at radius 2 is 1.64 bits per heavy atom. The second kappa shape index (κ2) is 4.42. The summed E-state index contributed by atoms with van der Waals surface area (Å²) in [5.41, 5.74) is 1.54. The van der Waals surface area contributed by atoms with Crippen LogP contribution in [0.25, 0.3) is 0 Å². The molecule has 14 heavy (non-hydrogen) atoms. The molecular weight excluding hydrogens is 189 g/mol. The SMILES string of the molecule is CC(c1ccccc1)N(P)C(C)(C)C. The van der Waals surface area contributed by atoms with Crippen molar-refractivity contribution < 1.29 is 0 Å². The molecule has 0 amide bonds. The minimum Gasteiger partial charge on any atom is -0.275 e. The van der Waals surface area contributed by atoms with Crippen LogP contribution in [0, 0.1) is 0 Å². The minimum absolute atomic E-state index is 0.180. The van der Waals surface area contributed by atoms with Gasteiger partial charge in [-0.2, -0.15) is 0 Å². The van der Waals surface area contributed by atoms with E-state index in [1.807, 2.05) is 0 Å². The zero-order valence-corrected chi connectivity index (χ0v) is 10.6.